The van der Waals surface area contributed by atoms with Gasteiger partial charge >= 0.3 is 0 Å². The molecule has 8 heteroatoms. The van der Waals surface area contributed by atoms with Gasteiger partial charge in [-0.2, -0.15) is 0 Å². The number of para-hydroxylation sites is 1. The molecular weight excluding hydrogens is 1000 g/mol. The number of pyridine rings is 1. The van der Waals surface area contributed by atoms with E-state index in [1.165, 1.54) is 11.3 Å². The van der Waals surface area contributed by atoms with Crippen LogP contribution in [0.4, 0.5) is 8.78 Å². The number of fused-ring (bicyclic) bond motifs is 4. The minimum absolute atomic E-state index is 0. The molecule has 10 rings (SSSR count). The summed E-state index contributed by atoms with van der Waals surface area (Å²) >= 11 is 0. The zero-order valence-corrected chi connectivity index (χ0v) is 41.2. The number of imidazole rings is 1. The predicted molar refractivity (Wildman–Crippen MR) is 263 cm³/mol. The molecule has 327 valence electrons. The molecule has 0 unspecified atom stereocenters. The molecule has 0 saturated heterocycles. The summed E-state index contributed by atoms with van der Waals surface area (Å²) in [5, 5.41) is 3.27. The molecule has 65 heavy (non-hydrogen) atoms. The van der Waals surface area contributed by atoms with Crippen LogP contribution < -0.4 is 5.19 Å². The van der Waals surface area contributed by atoms with E-state index in [4.69, 9.17) is 9.40 Å². The fraction of sp³-hybridized carbons (Fsp3) is 0.158. The number of aromatic nitrogens is 3. The quantitative estimate of drug-likeness (QED) is 0.123. The Balaban J connectivity index is 0.000000287. The van der Waals surface area contributed by atoms with Crippen molar-refractivity contribution in [2.75, 3.05) is 0 Å². The Labute approximate surface area is 394 Å². The first-order chi connectivity index (χ1) is 30.7. The average Bonchev–Trinajstić information content (AvgIpc) is 3.86. The molecular formula is C57H49F2IrN3OSi-2. The van der Waals surface area contributed by atoms with Gasteiger partial charge in [-0.05, 0) is 99.9 Å². The van der Waals surface area contributed by atoms with Crippen molar-refractivity contribution in [3.05, 3.63) is 192 Å². The third-order valence-corrected chi connectivity index (χ3v) is 13.8. The molecule has 0 fully saturated rings. The Morgan fingerprint density at radius 3 is 2.11 bits per heavy atom. The van der Waals surface area contributed by atoms with Crippen LogP contribution in [0.2, 0.25) is 19.6 Å². The van der Waals surface area contributed by atoms with Crippen molar-refractivity contribution in [1.82, 2.24) is 14.5 Å². The second-order valence-electron chi connectivity index (χ2n) is 18.5. The van der Waals surface area contributed by atoms with Gasteiger partial charge in [-0.15, -0.1) is 54.1 Å². The van der Waals surface area contributed by atoms with Gasteiger partial charge in [-0.3, -0.25) is 4.98 Å². The summed E-state index contributed by atoms with van der Waals surface area (Å²) in [6, 6.07) is 53.9. The van der Waals surface area contributed by atoms with E-state index in [2.05, 4.69) is 111 Å². The molecule has 0 amide bonds. The Morgan fingerprint density at radius 1 is 0.677 bits per heavy atom. The van der Waals surface area contributed by atoms with Crippen LogP contribution in [0, 0.1) is 37.6 Å². The molecule has 4 nitrogen and oxygen atoms in total. The molecule has 0 aliphatic carbocycles. The topological polar surface area (TPSA) is 43.9 Å². The number of furan rings is 1. The third kappa shape index (κ3) is 8.91. The molecule has 3 aromatic heterocycles. The zero-order chi connectivity index (χ0) is 44.9. The normalized spacial score (nSPS) is 11.7. The third-order valence-electron chi connectivity index (χ3n) is 11.8. The zero-order valence-electron chi connectivity index (χ0n) is 37.8. The molecule has 0 atom stereocenters. The molecule has 0 aliphatic rings. The summed E-state index contributed by atoms with van der Waals surface area (Å²) in [5.74, 6) is 0.0866. The molecule has 7 aromatic carbocycles. The van der Waals surface area contributed by atoms with E-state index in [9.17, 15) is 4.39 Å². The second kappa shape index (κ2) is 17.9. The summed E-state index contributed by atoms with van der Waals surface area (Å²) in [7, 11) is -1.23. The van der Waals surface area contributed by atoms with E-state index in [-0.39, 0.29) is 37.2 Å². The Bertz CT molecular complexity index is 3310. The fourth-order valence-electron chi connectivity index (χ4n) is 8.43. The van der Waals surface area contributed by atoms with Gasteiger partial charge in [0.15, 0.2) is 0 Å². The van der Waals surface area contributed by atoms with E-state index in [1.807, 2.05) is 85.1 Å². The Kier molecular flexibility index (Phi) is 12.5. The van der Waals surface area contributed by atoms with Crippen LogP contribution in [0.3, 0.4) is 0 Å². The first-order valence-electron chi connectivity index (χ1n) is 21.6. The summed E-state index contributed by atoms with van der Waals surface area (Å²) in [5.41, 5.74) is 12.3. The smallest absolute Gasteiger partial charge is 0.129 e. The maximum absolute atomic E-state index is 15.1. The van der Waals surface area contributed by atoms with Crippen LogP contribution in [-0.4, -0.2) is 22.6 Å². The summed E-state index contributed by atoms with van der Waals surface area (Å²) in [6.07, 6.45) is 2.02. The monoisotopic (exact) mass is 1050 g/mol. The van der Waals surface area contributed by atoms with Gasteiger partial charge < -0.3 is 14.0 Å². The maximum Gasteiger partial charge on any atom is 0.129 e. The number of aryl methyl sites for hydroxylation is 2. The van der Waals surface area contributed by atoms with Gasteiger partial charge in [0.1, 0.15) is 17.2 Å². The largest absolute Gasteiger partial charge is 0.501 e. The van der Waals surface area contributed by atoms with E-state index in [0.717, 1.165) is 55.5 Å². The van der Waals surface area contributed by atoms with Crippen molar-refractivity contribution >= 4 is 46.2 Å². The number of halogens is 2. The van der Waals surface area contributed by atoms with Crippen LogP contribution in [0.1, 0.15) is 37.5 Å². The fourth-order valence-corrected chi connectivity index (χ4v) is 9.47. The predicted octanol–water partition coefficient (Wildman–Crippen LogP) is 15.0. The molecule has 0 aliphatic heterocycles. The Morgan fingerprint density at radius 2 is 1.43 bits per heavy atom. The standard InChI is InChI=1S/C43H33F2N2O.C14H16NSi.Ir/c1-25-21-29(22-26(2)39(25)45)28-17-19-32-33-14-9-15-34(41(33)48-38(32)23-28)42-46-36-20-18-30(44)24-37(36)47(42)40-31(27-11-7-6-8-12-27)13-10-16-35(40)43(3,4)5;1-16(2,3)13-9-10-14(15-11-13)12-7-5-4-6-8-12;/h6-14,16-24H,1-5H3;4-7,9-11H,1-3H3;/q2*-1;. The summed E-state index contributed by atoms with van der Waals surface area (Å²) < 4.78 is 38.2. The molecule has 0 spiro atoms. The molecule has 1 radical (unpaired) electrons. The van der Waals surface area contributed by atoms with Gasteiger partial charge in [0, 0.05) is 37.3 Å². The van der Waals surface area contributed by atoms with E-state index in [1.54, 1.807) is 26.0 Å². The number of hydrogen-bond donors (Lipinski definition) is 0. The first kappa shape index (κ1) is 45.3. The van der Waals surface area contributed by atoms with Gasteiger partial charge in [0.25, 0.3) is 0 Å². The van der Waals surface area contributed by atoms with Crippen molar-refractivity contribution in [3.8, 4) is 50.6 Å². The number of hydrogen-bond acceptors (Lipinski definition) is 3. The summed E-state index contributed by atoms with van der Waals surface area (Å²) in [4.78, 5) is 9.66. The van der Waals surface area contributed by atoms with Crippen molar-refractivity contribution < 1.29 is 33.3 Å². The van der Waals surface area contributed by atoms with Crippen molar-refractivity contribution in [3.63, 3.8) is 0 Å². The number of nitrogens with zero attached hydrogens (tertiary/aromatic N) is 3. The van der Waals surface area contributed by atoms with Gasteiger partial charge in [0.05, 0.1) is 36.2 Å². The van der Waals surface area contributed by atoms with Crippen molar-refractivity contribution in [2.45, 2.75) is 59.7 Å². The number of benzene rings is 7. The van der Waals surface area contributed by atoms with Crippen molar-refractivity contribution in [2.24, 2.45) is 0 Å². The Hall–Kier alpha value is -6.31. The van der Waals surface area contributed by atoms with E-state index >= 15 is 4.39 Å². The minimum Gasteiger partial charge on any atom is -0.501 e. The van der Waals surface area contributed by atoms with Crippen LogP contribution in [0.15, 0.2) is 156 Å². The van der Waals surface area contributed by atoms with Crippen LogP contribution in [0.5, 0.6) is 0 Å². The average molecular weight is 1050 g/mol. The van der Waals surface area contributed by atoms with Gasteiger partial charge in [-0.25, -0.2) is 8.78 Å². The SMILES string of the molecule is C[Si](C)(C)c1ccc(-c2[c-]cccc2)nc1.Cc1cc(-c2ccc3c(c2)oc2c(-c4nc5ccc(F)cc5n4-c4c(-c5ccccc5)cccc4C(C)(C)C)[c-]ccc23)cc(C)c1F.[Ir]. The van der Waals surface area contributed by atoms with Crippen LogP contribution >= 0.6 is 0 Å². The van der Waals surface area contributed by atoms with Crippen LogP contribution in [-0.2, 0) is 25.5 Å². The van der Waals surface area contributed by atoms with Gasteiger partial charge in [0.2, 0.25) is 0 Å². The molecule has 10 aromatic rings. The first-order valence-corrected chi connectivity index (χ1v) is 25.1. The van der Waals surface area contributed by atoms with Crippen molar-refractivity contribution in [1.29, 1.82) is 0 Å². The minimum atomic E-state index is -1.23. The maximum atomic E-state index is 15.1. The van der Waals surface area contributed by atoms with Crippen LogP contribution in [0.25, 0.3) is 83.6 Å². The molecule has 3 heterocycles. The molecule has 0 N–H and O–H groups in total. The summed E-state index contributed by atoms with van der Waals surface area (Å²) in [6.45, 7) is 17.1. The molecule has 0 bridgehead atoms. The second-order valence-corrected chi connectivity index (χ2v) is 23.6. The van der Waals surface area contributed by atoms with E-state index in [0.29, 0.717) is 44.7 Å². The molecule has 0 saturated carbocycles. The van der Waals surface area contributed by atoms with Gasteiger partial charge in [-0.1, -0.05) is 124 Å². The van der Waals surface area contributed by atoms with E-state index < -0.39 is 8.07 Å². The number of rotatable bonds is 6.